The fourth-order valence-corrected chi connectivity index (χ4v) is 6.50. The molecule has 0 spiro atoms. The Morgan fingerprint density at radius 2 is 1.86 bits per heavy atom. The summed E-state index contributed by atoms with van der Waals surface area (Å²) in [4.78, 5) is 45.8. The van der Waals surface area contributed by atoms with E-state index in [9.17, 15) is 19.7 Å². The summed E-state index contributed by atoms with van der Waals surface area (Å²) >= 11 is 1.17. The van der Waals surface area contributed by atoms with Crippen molar-refractivity contribution in [1.29, 1.82) is 0 Å². The first kappa shape index (κ1) is 29.1. The topological polar surface area (TPSA) is 126 Å². The van der Waals surface area contributed by atoms with E-state index in [1.807, 2.05) is 0 Å². The van der Waals surface area contributed by atoms with Crippen molar-refractivity contribution in [2.45, 2.75) is 39.2 Å². The second-order valence-corrected chi connectivity index (χ2v) is 11.0. The van der Waals surface area contributed by atoms with E-state index < -0.39 is 16.9 Å². The quantitative estimate of drug-likeness (QED) is 0.220. The highest BCUT2D eigenvalue weighted by atomic mass is 32.1. The first-order chi connectivity index (χ1) is 20.3. The standard InChI is InChI=1S/C30H32N4O7S/c1-5-41-29(36)26-18(2)31-30-33(27(26)19-9-12-23(39-3)24(16-19)40-4)28(35)25(42-30)17-20-15-21(34(37)38)10-11-22(20)32-13-7-6-8-14-32/h9-12,15-17,27H,5-8,13-14H2,1-4H3/b25-17+/t27-/m0/s1. The van der Waals surface area contributed by atoms with Crippen LogP contribution in [-0.2, 0) is 9.53 Å². The summed E-state index contributed by atoms with van der Waals surface area (Å²) in [5.41, 5.74) is 2.29. The lowest BCUT2D eigenvalue weighted by molar-refractivity contribution is -0.384. The molecule has 12 heteroatoms. The van der Waals surface area contributed by atoms with E-state index in [-0.39, 0.29) is 23.4 Å². The Morgan fingerprint density at radius 1 is 1.12 bits per heavy atom. The van der Waals surface area contributed by atoms with Gasteiger partial charge in [0.15, 0.2) is 16.3 Å². The number of carbonyl (C=O) groups excluding carboxylic acids is 1. The Labute approximate surface area is 246 Å². The largest absolute Gasteiger partial charge is 0.493 e. The number of esters is 1. The van der Waals surface area contributed by atoms with Crippen molar-refractivity contribution in [2.24, 2.45) is 4.99 Å². The maximum atomic E-state index is 14.1. The average Bonchev–Trinajstić information content (AvgIpc) is 3.30. The molecule has 5 rings (SSSR count). The van der Waals surface area contributed by atoms with Crippen LogP contribution in [0.25, 0.3) is 6.08 Å². The normalized spacial score (nSPS) is 17.0. The molecule has 2 aromatic carbocycles. The highest BCUT2D eigenvalue weighted by Crippen LogP contribution is 2.36. The SMILES string of the molecule is CCOC(=O)C1=C(C)N=c2s/c(=C/c3cc([N+](=O)[O-])ccc3N3CCCCC3)c(=O)n2[C@H]1c1ccc(OC)c(OC)c1. The van der Waals surface area contributed by atoms with Gasteiger partial charge in [-0.2, -0.15) is 0 Å². The van der Waals surface area contributed by atoms with Crippen molar-refractivity contribution in [1.82, 2.24) is 4.57 Å². The minimum atomic E-state index is -0.839. The third-order valence-corrected chi connectivity index (χ3v) is 8.43. The van der Waals surface area contributed by atoms with Crippen molar-refractivity contribution in [3.63, 3.8) is 0 Å². The molecule has 11 nitrogen and oxygen atoms in total. The highest BCUT2D eigenvalue weighted by molar-refractivity contribution is 7.07. The lowest BCUT2D eigenvalue weighted by Crippen LogP contribution is -2.40. The van der Waals surface area contributed by atoms with Gasteiger partial charge in [-0.1, -0.05) is 17.4 Å². The Balaban J connectivity index is 1.73. The molecule has 0 amide bonds. The van der Waals surface area contributed by atoms with E-state index in [1.165, 1.54) is 42.3 Å². The van der Waals surface area contributed by atoms with Gasteiger partial charge in [0.25, 0.3) is 11.2 Å². The first-order valence-corrected chi connectivity index (χ1v) is 14.5. The molecule has 0 saturated carbocycles. The number of non-ortho nitro benzene ring substituents is 1. The van der Waals surface area contributed by atoms with Gasteiger partial charge >= 0.3 is 5.97 Å². The predicted molar refractivity (Wildman–Crippen MR) is 159 cm³/mol. The van der Waals surface area contributed by atoms with E-state index in [1.54, 1.807) is 44.2 Å². The maximum Gasteiger partial charge on any atom is 0.338 e. The number of nitro benzene ring substituents is 1. The number of methoxy groups -OCH3 is 2. The van der Waals surface area contributed by atoms with Gasteiger partial charge in [-0.25, -0.2) is 9.79 Å². The van der Waals surface area contributed by atoms with Gasteiger partial charge in [0, 0.05) is 36.5 Å². The summed E-state index contributed by atoms with van der Waals surface area (Å²) in [5.74, 6) is 0.375. The third-order valence-electron chi connectivity index (χ3n) is 7.45. The van der Waals surface area contributed by atoms with Crippen molar-refractivity contribution < 1.29 is 23.9 Å². The Bertz CT molecular complexity index is 1750. The molecule has 1 atom stereocenters. The monoisotopic (exact) mass is 592 g/mol. The van der Waals surface area contributed by atoms with Crippen LogP contribution in [0.1, 0.15) is 50.3 Å². The summed E-state index contributed by atoms with van der Waals surface area (Å²) in [5, 5.41) is 11.6. The molecule has 0 bridgehead atoms. The van der Waals surface area contributed by atoms with Gasteiger partial charge in [-0.15, -0.1) is 0 Å². The Morgan fingerprint density at radius 3 is 2.52 bits per heavy atom. The van der Waals surface area contributed by atoms with Crippen molar-refractivity contribution in [2.75, 3.05) is 38.8 Å². The van der Waals surface area contributed by atoms with Gasteiger partial charge in [0.1, 0.15) is 0 Å². The van der Waals surface area contributed by atoms with Crippen LogP contribution >= 0.6 is 11.3 Å². The molecule has 3 aromatic rings. The van der Waals surface area contributed by atoms with E-state index in [4.69, 9.17) is 14.2 Å². The van der Waals surface area contributed by atoms with Crippen LogP contribution in [0.15, 0.2) is 57.5 Å². The number of hydrogen-bond donors (Lipinski definition) is 0. The van der Waals surface area contributed by atoms with Crippen LogP contribution in [0, 0.1) is 10.1 Å². The maximum absolute atomic E-state index is 14.1. The summed E-state index contributed by atoms with van der Waals surface area (Å²) in [7, 11) is 3.04. The number of fused-ring (bicyclic) bond motifs is 1. The number of ether oxygens (including phenoxy) is 3. The number of aromatic nitrogens is 1. The molecule has 0 radical (unpaired) electrons. The van der Waals surface area contributed by atoms with Crippen LogP contribution in [-0.4, -0.2) is 49.4 Å². The van der Waals surface area contributed by atoms with Gasteiger partial charge in [-0.3, -0.25) is 19.5 Å². The second-order valence-electron chi connectivity index (χ2n) is 9.96. The van der Waals surface area contributed by atoms with Gasteiger partial charge < -0.3 is 19.1 Å². The number of benzene rings is 2. The van der Waals surface area contributed by atoms with Gasteiger partial charge in [0.2, 0.25) is 0 Å². The zero-order chi connectivity index (χ0) is 30.0. The molecule has 2 aliphatic rings. The van der Waals surface area contributed by atoms with Gasteiger partial charge in [0.05, 0.1) is 47.6 Å². The van der Waals surface area contributed by atoms with Crippen LogP contribution < -0.4 is 29.3 Å². The number of nitrogens with zero attached hydrogens (tertiary/aromatic N) is 4. The number of piperidine rings is 1. The van der Waals surface area contributed by atoms with E-state index in [2.05, 4.69) is 9.89 Å². The van der Waals surface area contributed by atoms with E-state index in [0.717, 1.165) is 38.0 Å². The number of thiazole rings is 1. The fourth-order valence-electron chi connectivity index (χ4n) is 5.46. The molecule has 1 fully saturated rings. The van der Waals surface area contributed by atoms with Crippen LogP contribution in [0.4, 0.5) is 11.4 Å². The van der Waals surface area contributed by atoms with Crippen molar-refractivity contribution in [3.8, 4) is 11.5 Å². The number of carbonyl (C=O) groups is 1. The van der Waals surface area contributed by atoms with Crippen molar-refractivity contribution >= 4 is 34.8 Å². The van der Waals surface area contributed by atoms with Crippen LogP contribution in [0.3, 0.4) is 0 Å². The predicted octanol–water partition coefficient (Wildman–Crippen LogP) is 3.71. The molecular formula is C30H32N4O7S. The fraction of sp³-hybridized carbons (Fsp3) is 0.367. The minimum Gasteiger partial charge on any atom is -0.493 e. The Kier molecular flexibility index (Phi) is 8.44. The lowest BCUT2D eigenvalue weighted by atomic mass is 9.95. The average molecular weight is 593 g/mol. The molecular weight excluding hydrogens is 560 g/mol. The first-order valence-electron chi connectivity index (χ1n) is 13.7. The molecule has 1 saturated heterocycles. The summed E-state index contributed by atoms with van der Waals surface area (Å²) in [6.45, 7) is 5.26. The number of rotatable bonds is 8. The zero-order valence-electron chi connectivity index (χ0n) is 23.9. The second kappa shape index (κ2) is 12.2. The smallest absolute Gasteiger partial charge is 0.338 e. The summed E-state index contributed by atoms with van der Waals surface area (Å²) in [6, 6.07) is 9.13. The molecule has 3 heterocycles. The van der Waals surface area contributed by atoms with Crippen molar-refractivity contribution in [3.05, 3.63) is 88.6 Å². The molecule has 42 heavy (non-hydrogen) atoms. The zero-order valence-corrected chi connectivity index (χ0v) is 24.7. The third kappa shape index (κ3) is 5.41. The number of anilines is 1. The number of allylic oxidation sites excluding steroid dienone is 1. The number of hydrogen-bond acceptors (Lipinski definition) is 10. The molecule has 2 aliphatic heterocycles. The molecule has 0 aliphatic carbocycles. The lowest BCUT2D eigenvalue weighted by Gasteiger charge is -2.30. The molecule has 220 valence electrons. The summed E-state index contributed by atoms with van der Waals surface area (Å²) < 4.78 is 18.1. The minimum absolute atomic E-state index is 0.0570. The highest BCUT2D eigenvalue weighted by Gasteiger charge is 2.34. The molecule has 1 aromatic heterocycles. The molecule has 0 unspecified atom stereocenters. The van der Waals surface area contributed by atoms with Gasteiger partial charge in [-0.05, 0) is 62.9 Å². The Hall–Kier alpha value is -4.45. The van der Waals surface area contributed by atoms with E-state index in [0.29, 0.717) is 37.7 Å². The van der Waals surface area contributed by atoms with E-state index >= 15 is 0 Å². The molecule has 0 N–H and O–H groups in total. The van der Waals surface area contributed by atoms with Crippen LogP contribution in [0.2, 0.25) is 0 Å². The summed E-state index contributed by atoms with van der Waals surface area (Å²) in [6.07, 6.45) is 4.88. The van der Waals surface area contributed by atoms with Crippen LogP contribution in [0.5, 0.6) is 11.5 Å². The number of nitro groups is 1.